The van der Waals surface area contributed by atoms with E-state index in [2.05, 4.69) is 237 Å². The molecule has 0 N–H and O–H groups in total. The van der Waals surface area contributed by atoms with Crippen LogP contribution in [-0.2, 0) is 16.2 Å². The lowest BCUT2D eigenvalue weighted by Gasteiger charge is -2.45. The van der Waals surface area contributed by atoms with Crippen molar-refractivity contribution in [1.82, 2.24) is 0 Å². The molecule has 0 aliphatic carbocycles. The van der Waals surface area contributed by atoms with Gasteiger partial charge in [0.15, 0.2) is 0 Å². The number of fused-ring (bicyclic) bond motifs is 7. The van der Waals surface area contributed by atoms with Gasteiger partial charge in [-0.05, 0) is 151 Å². The second-order valence-corrected chi connectivity index (χ2v) is 21.6. The average Bonchev–Trinajstić information content (AvgIpc) is 3.66. The first-order valence-electron chi connectivity index (χ1n) is 23.3. The van der Waals surface area contributed by atoms with Crippen molar-refractivity contribution in [3.63, 3.8) is 0 Å². The lowest BCUT2D eigenvalue weighted by molar-refractivity contribution is 0.590. The highest BCUT2D eigenvalue weighted by atomic mass is 16.3. The lowest BCUT2D eigenvalue weighted by Crippen LogP contribution is -2.61. The van der Waals surface area contributed by atoms with Crippen molar-refractivity contribution in [3.8, 4) is 22.3 Å². The van der Waals surface area contributed by atoms with E-state index >= 15 is 0 Å². The van der Waals surface area contributed by atoms with Crippen LogP contribution in [0.5, 0.6) is 0 Å². The molecule has 4 heteroatoms. The molecule has 0 fully saturated rings. The SMILES string of the molecule is Cc1cc2c3c(c1)N(c1ccc(C(C)(C)C)c(-c4ccccc4)c1)c1ccc(C(C)(C)C)cc1B3c1cc(C(C)(C)C)ccc1N2c1cccc(-c2ccc3oc4ccccc4c3c2)c1. The predicted molar refractivity (Wildman–Crippen MR) is 279 cm³/mol. The third kappa shape index (κ3) is 6.80. The van der Waals surface area contributed by atoms with Crippen LogP contribution in [0.1, 0.15) is 84.6 Å². The number of nitrogens with zero attached hydrogens (tertiary/aromatic N) is 2. The van der Waals surface area contributed by atoms with Gasteiger partial charge in [0.05, 0.1) is 0 Å². The van der Waals surface area contributed by atoms with Crippen LogP contribution in [-0.4, -0.2) is 6.71 Å². The zero-order chi connectivity index (χ0) is 45.2. The van der Waals surface area contributed by atoms with Gasteiger partial charge in [-0.25, -0.2) is 0 Å². The largest absolute Gasteiger partial charge is 0.456 e. The molecule has 9 aromatic rings. The fourth-order valence-electron chi connectivity index (χ4n) is 10.5. The van der Waals surface area contributed by atoms with Crippen LogP contribution < -0.4 is 26.2 Å². The third-order valence-corrected chi connectivity index (χ3v) is 13.9. The Balaban J connectivity index is 1.18. The van der Waals surface area contributed by atoms with Crippen molar-refractivity contribution in [2.75, 3.05) is 9.80 Å². The molecule has 3 nitrogen and oxygen atoms in total. The first-order chi connectivity index (χ1) is 31.0. The number of para-hydroxylation sites is 1. The van der Waals surface area contributed by atoms with Crippen LogP contribution in [0, 0.1) is 6.92 Å². The van der Waals surface area contributed by atoms with Gasteiger partial charge >= 0.3 is 0 Å². The summed E-state index contributed by atoms with van der Waals surface area (Å²) in [4.78, 5) is 5.12. The summed E-state index contributed by atoms with van der Waals surface area (Å²) in [5, 5.41) is 2.28. The molecule has 65 heavy (non-hydrogen) atoms. The van der Waals surface area contributed by atoms with Crippen molar-refractivity contribution in [3.05, 3.63) is 186 Å². The molecule has 0 spiro atoms. The Kier molecular flexibility index (Phi) is 9.22. The maximum atomic E-state index is 6.25. The highest BCUT2D eigenvalue weighted by Crippen LogP contribution is 2.48. The molecule has 1 aromatic heterocycles. The normalized spacial score (nSPS) is 13.6. The molecule has 11 rings (SSSR count). The summed E-state index contributed by atoms with van der Waals surface area (Å²) in [6, 6.07) is 61.6. The van der Waals surface area contributed by atoms with E-state index < -0.39 is 0 Å². The summed E-state index contributed by atoms with van der Waals surface area (Å²) < 4.78 is 6.25. The number of rotatable bonds is 4. The van der Waals surface area contributed by atoms with Gasteiger partial charge in [-0.2, -0.15) is 0 Å². The quantitative estimate of drug-likeness (QED) is 0.165. The molecule has 0 unspecified atom stereocenters. The number of anilines is 6. The maximum absolute atomic E-state index is 6.25. The minimum atomic E-state index is -0.0414. The fraction of sp³-hybridized carbons (Fsp3) is 0.213. The lowest BCUT2D eigenvalue weighted by atomic mass is 9.33. The van der Waals surface area contributed by atoms with Crippen molar-refractivity contribution in [1.29, 1.82) is 0 Å². The Bertz CT molecular complexity index is 3360. The van der Waals surface area contributed by atoms with Crippen molar-refractivity contribution in [2.45, 2.75) is 85.5 Å². The van der Waals surface area contributed by atoms with E-state index in [1.165, 1.54) is 78.1 Å². The van der Waals surface area contributed by atoms with Crippen LogP contribution in [0.4, 0.5) is 34.1 Å². The van der Waals surface area contributed by atoms with E-state index in [1.807, 2.05) is 6.07 Å². The topological polar surface area (TPSA) is 19.6 Å². The van der Waals surface area contributed by atoms with E-state index in [-0.39, 0.29) is 23.0 Å². The highest BCUT2D eigenvalue weighted by molar-refractivity contribution is 7.00. The molecule has 2 aliphatic rings. The molecule has 3 heterocycles. The Morgan fingerprint density at radius 3 is 1.62 bits per heavy atom. The molecule has 0 saturated heterocycles. The third-order valence-electron chi connectivity index (χ3n) is 13.9. The number of furan rings is 1. The second-order valence-electron chi connectivity index (χ2n) is 21.6. The van der Waals surface area contributed by atoms with E-state index in [4.69, 9.17) is 4.42 Å². The summed E-state index contributed by atoms with van der Waals surface area (Å²) in [6.07, 6.45) is 0. The van der Waals surface area contributed by atoms with E-state index in [1.54, 1.807) is 0 Å². The molecule has 8 aromatic carbocycles. The van der Waals surface area contributed by atoms with E-state index in [0.717, 1.165) is 38.9 Å². The summed E-state index contributed by atoms with van der Waals surface area (Å²) in [6.45, 7) is 23.3. The molecule has 0 atom stereocenters. The minimum Gasteiger partial charge on any atom is -0.456 e. The van der Waals surface area contributed by atoms with Gasteiger partial charge in [0.2, 0.25) is 0 Å². The molecular formula is C61H57BN2O. The van der Waals surface area contributed by atoms with Gasteiger partial charge < -0.3 is 14.2 Å². The van der Waals surface area contributed by atoms with Crippen LogP contribution in [0.15, 0.2) is 168 Å². The van der Waals surface area contributed by atoms with Gasteiger partial charge in [-0.3, -0.25) is 0 Å². The van der Waals surface area contributed by atoms with Crippen LogP contribution in [0.2, 0.25) is 0 Å². The van der Waals surface area contributed by atoms with Crippen LogP contribution in [0.3, 0.4) is 0 Å². The average molecular weight is 845 g/mol. The van der Waals surface area contributed by atoms with Crippen molar-refractivity contribution >= 4 is 79.2 Å². The zero-order valence-corrected chi connectivity index (χ0v) is 39.5. The monoisotopic (exact) mass is 844 g/mol. The Morgan fingerprint density at radius 2 is 0.985 bits per heavy atom. The molecule has 320 valence electrons. The van der Waals surface area contributed by atoms with Gasteiger partial charge in [0.1, 0.15) is 11.2 Å². The summed E-state index contributed by atoms with van der Waals surface area (Å²) in [5.41, 5.74) is 23.0. The van der Waals surface area contributed by atoms with Crippen LogP contribution >= 0.6 is 0 Å². The molecule has 0 saturated carbocycles. The number of benzene rings is 8. The molecule has 0 bridgehead atoms. The molecule has 0 radical (unpaired) electrons. The summed E-state index contributed by atoms with van der Waals surface area (Å²) in [7, 11) is 0. The first-order valence-corrected chi connectivity index (χ1v) is 23.3. The van der Waals surface area contributed by atoms with Gasteiger partial charge in [-0.15, -0.1) is 0 Å². The minimum absolute atomic E-state index is 0.0186. The molecule has 2 aliphatic heterocycles. The zero-order valence-electron chi connectivity index (χ0n) is 39.5. The Labute approximate surface area is 385 Å². The van der Waals surface area contributed by atoms with E-state index in [0.29, 0.717) is 0 Å². The number of aryl methyl sites for hydroxylation is 1. The number of hydrogen-bond donors (Lipinski definition) is 0. The summed E-state index contributed by atoms with van der Waals surface area (Å²) >= 11 is 0. The van der Waals surface area contributed by atoms with Gasteiger partial charge in [-0.1, -0.05) is 159 Å². The Morgan fingerprint density at radius 1 is 0.415 bits per heavy atom. The smallest absolute Gasteiger partial charge is 0.252 e. The second kappa shape index (κ2) is 14.6. The van der Waals surface area contributed by atoms with Gasteiger partial charge in [0, 0.05) is 44.9 Å². The standard InChI is InChI=1S/C61H57BN2O/c1-38-31-54-58-55(32-38)64(45-26-27-49(61(8,9)10)47(37-45)39-17-12-11-13-18-39)53-29-25-43(60(5,6)7)36-51(53)62(58)50-35-42(59(2,3)4)24-28-52(50)63(54)44-20-16-19-40(33-44)41-23-30-57-48(34-41)46-21-14-15-22-56(46)65-57/h11-37H,1-10H3. The molecular weight excluding hydrogens is 787 g/mol. The fourth-order valence-corrected chi connectivity index (χ4v) is 10.5. The van der Waals surface area contributed by atoms with Crippen molar-refractivity contribution < 1.29 is 4.42 Å². The highest BCUT2D eigenvalue weighted by Gasteiger charge is 2.44. The van der Waals surface area contributed by atoms with Gasteiger partial charge in [0.25, 0.3) is 6.71 Å². The predicted octanol–water partition coefficient (Wildman–Crippen LogP) is 15.2. The number of hydrogen-bond acceptors (Lipinski definition) is 3. The maximum Gasteiger partial charge on any atom is 0.252 e. The van der Waals surface area contributed by atoms with Crippen LogP contribution in [0.25, 0.3) is 44.2 Å². The van der Waals surface area contributed by atoms with E-state index in [9.17, 15) is 0 Å². The Hall–Kier alpha value is -6.78. The van der Waals surface area contributed by atoms with Crippen molar-refractivity contribution in [2.24, 2.45) is 0 Å². The first kappa shape index (κ1) is 41.0. The summed E-state index contributed by atoms with van der Waals surface area (Å²) in [5.74, 6) is 0. The molecule has 0 amide bonds.